The van der Waals surface area contributed by atoms with Crippen molar-refractivity contribution in [2.75, 3.05) is 0 Å². The van der Waals surface area contributed by atoms with Gasteiger partial charge < -0.3 is 5.21 Å². The molecule has 0 N–H and O–H groups in total. The van der Waals surface area contributed by atoms with E-state index < -0.39 is 0 Å². The normalized spacial score (nSPS) is 13.7. The van der Waals surface area contributed by atoms with Gasteiger partial charge in [0.25, 0.3) is 0 Å². The molecule has 0 saturated carbocycles. The Labute approximate surface area is 155 Å². The highest BCUT2D eigenvalue weighted by Gasteiger charge is 2.31. The smallest absolute Gasteiger partial charge is 0.230 e. The monoisotopic (exact) mass is 456 g/mol. The molecule has 0 bridgehead atoms. The number of aryl methyl sites for hydroxylation is 1. The van der Waals surface area contributed by atoms with Crippen molar-refractivity contribution in [1.29, 1.82) is 0 Å². The fraction of sp³-hybridized carbons (Fsp3) is 0.133. The first-order valence-corrected chi connectivity index (χ1v) is 9.11. The number of benzene rings is 1. The van der Waals surface area contributed by atoms with E-state index in [1.165, 1.54) is 0 Å². The van der Waals surface area contributed by atoms with Gasteiger partial charge in [-0.1, -0.05) is 23.7 Å². The van der Waals surface area contributed by atoms with E-state index in [2.05, 4.69) is 32.8 Å². The van der Waals surface area contributed by atoms with Gasteiger partial charge in [0.2, 0.25) is 18.1 Å². The summed E-state index contributed by atoms with van der Waals surface area (Å²) in [7, 11) is 0. The zero-order valence-electron chi connectivity index (χ0n) is 12.0. The van der Waals surface area contributed by atoms with E-state index in [1.807, 2.05) is 35.8 Å². The average Bonchev–Trinajstić information content (AvgIpc) is 3.01. The highest BCUT2D eigenvalue weighted by atomic mass is 127. The first-order valence-electron chi connectivity index (χ1n) is 6.83. The van der Waals surface area contributed by atoms with Crippen molar-refractivity contribution in [2.24, 2.45) is 0 Å². The van der Waals surface area contributed by atoms with Crippen LogP contribution in [0.15, 0.2) is 30.3 Å². The lowest BCUT2D eigenvalue weighted by Crippen LogP contribution is -2.17. The molecule has 0 fully saturated rings. The van der Waals surface area contributed by atoms with Crippen molar-refractivity contribution in [2.45, 2.75) is 13.5 Å². The molecular weight excluding hydrogens is 447 g/mol. The minimum Gasteiger partial charge on any atom is -0.623 e. The molecule has 1 aliphatic heterocycles. The molecule has 23 heavy (non-hydrogen) atoms. The van der Waals surface area contributed by atoms with Crippen LogP contribution in [0.3, 0.4) is 0 Å². The van der Waals surface area contributed by atoms with Crippen molar-refractivity contribution < 1.29 is 4.74 Å². The number of rotatable bonds is 1. The first kappa shape index (κ1) is 15.1. The van der Waals surface area contributed by atoms with Crippen molar-refractivity contribution in [3.63, 3.8) is 0 Å². The third kappa shape index (κ3) is 2.38. The maximum Gasteiger partial charge on any atom is 0.230 e. The summed E-state index contributed by atoms with van der Waals surface area (Å²) in [6.07, 6.45) is 0. The summed E-state index contributed by atoms with van der Waals surface area (Å²) >= 11 is 10.2. The van der Waals surface area contributed by atoms with Crippen molar-refractivity contribution in [1.82, 2.24) is 14.8 Å². The van der Waals surface area contributed by atoms with Gasteiger partial charge in [0.1, 0.15) is 10.8 Å². The van der Waals surface area contributed by atoms with Gasteiger partial charge in [0.05, 0.1) is 19.0 Å². The van der Waals surface area contributed by atoms with E-state index in [4.69, 9.17) is 11.6 Å². The summed E-state index contributed by atoms with van der Waals surface area (Å²) in [5.41, 5.74) is 2.18. The molecule has 116 valence electrons. The maximum absolute atomic E-state index is 12.9. The molecule has 0 aliphatic carbocycles. The Morgan fingerprint density at radius 2 is 2.09 bits per heavy atom. The van der Waals surface area contributed by atoms with Gasteiger partial charge in [0.15, 0.2) is 0 Å². The Hall–Kier alpha value is -1.45. The molecule has 0 saturated heterocycles. The molecule has 1 aliphatic rings. The summed E-state index contributed by atoms with van der Waals surface area (Å²) < 4.78 is 4.00. The number of thiophene rings is 1. The predicted molar refractivity (Wildman–Crippen MR) is 98.7 cm³/mol. The van der Waals surface area contributed by atoms with Crippen LogP contribution < -0.4 is 0 Å². The first-order chi connectivity index (χ1) is 11.1. The van der Waals surface area contributed by atoms with E-state index in [9.17, 15) is 5.21 Å². The second-order valence-electron chi connectivity index (χ2n) is 5.13. The maximum atomic E-state index is 12.9. The van der Waals surface area contributed by atoms with Crippen LogP contribution in [0.4, 0.5) is 0 Å². The van der Waals surface area contributed by atoms with Crippen LogP contribution in [-0.4, -0.2) is 25.2 Å². The molecule has 3 heterocycles. The lowest BCUT2D eigenvalue weighted by atomic mass is 10.0. The van der Waals surface area contributed by atoms with Crippen molar-refractivity contribution in [3.8, 4) is 5.00 Å². The summed E-state index contributed by atoms with van der Waals surface area (Å²) in [4.78, 5) is 0. The fourth-order valence-electron chi connectivity index (χ4n) is 2.74. The Bertz CT molecular complexity index is 962. The quantitative estimate of drug-likeness (QED) is 0.318. The largest absolute Gasteiger partial charge is 0.623 e. The standard InChI is InChI=1S/C15H10ClIN4OS/c1-8-18-19-13-7-20(22)14(9-4-2-3-5-11(9)16)10-6-12(17)23-15(10)21(8)13/h2-6H,7H2,1H3. The van der Waals surface area contributed by atoms with Gasteiger partial charge in [0, 0.05) is 0 Å². The van der Waals surface area contributed by atoms with Crippen LogP contribution >= 0.6 is 45.5 Å². The predicted octanol–water partition coefficient (Wildman–Crippen LogP) is 3.76. The molecule has 1 aromatic carbocycles. The Kier molecular flexibility index (Phi) is 3.66. The minimum absolute atomic E-state index is 0.138. The molecule has 0 spiro atoms. The van der Waals surface area contributed by atoms with Gasteiger partial charge in [-0.3, -0.25) is 4.57 Å². The van der Waals surface area contributed by atoms with Crippen LogP contribution in [0.25, 0.3) is 5.00 Å². The molecule has 0 atom stereocenters. The van der Waals surface area contributed by atoms with Gasteiger partial charge in [-0.15, -0.1) is 21.5 Å². The third-order valence-electron chi connectivity index (χ3n) is 3.70. The Morgan fingerprint density at radius 3 is 2.87 bits per heavy atom. The van der Waals surface area contributed by atoms with Crippen LogP contribution in [0.5, 0.6) is 0 Å². The van der Waals surface area contributed by atoms with Gasteiger partial charge in [-0.25, -0.2) is 0 Å². The van der Waals surface area contributed by atoms with E-state index in [0.717, 1.165) is 29.6 Å². The van der Waals surface area contributed by atoms with Crippen molar-refractivity contribution in [3.05, 3.63) is 66.2 Å². The lowest BCUT2D eigenvalue weighted by Gasteiger charge is -2.09. The molecule has 4 rings (SSSR count). The molecule has 3 aromatic rings. The topological polar surface area (TPSA) is 56.8 Å². The molecule has 0 unspecified atom stereocenters. The van der Waals surface area contributed by atoms with Gasteiger partial charge in [-0.05, 0) is 47.7 Å². The van der Waals surface area contributed by atoms with Crippen LogP contribution in [0.1, 0.15) is 22.8 Å². The lowest BCUT2D eigenvalue weighted by molar-refractivity contribution is -0.475. The Balaban J connectivity index is 2.06. The SMILES string of the molecule is Cc1nnc2n1-c1sc(I)cc1C(c1ccccc1Cl)=[N+]([O-])C2. The number of halogens is 2. The van der Waals surface area contributed by atoms with E-state index in [1.54, 1.807) is 17.4 Å². The highest BCUT2D eigenvalue weighted by molar-refractivity contribution is 14.1. The number of hydrogen-bond donors (Lipinski definition) is 0. The summed E-state index contributed by atoms with van der Waals surface area (Å²) in [6.45, 7) is 2.03. The minimum atomic E-state index is 0.138. The molecular formula is C15H10ClIN4OS. The zero-order valence-corrected chi connectivity index (χ0v) is 15.7. The zero-order chi connectivity index (χ0) is 16.1. The molecule has 0 amide bonds. The highest BCUT2D eigenvalue weighted by Crippen LogP contribution is 2.34. The van der Waals surface area contributed by atoms with Crippen molar-refractivity contribution >= 4 is 51.2 Å². The van der Waals surface area contributed by atoms with Gasteiger partial charge in [-0.2, -0.15) is 4.74 Å². The van der Waals surface area contributed by atoms with Crippen LogP contribution in [0, 0.1) is 15.0 Å². The number of nitrogens with zero attached hydrogens (tertiary/aromatic N) is 4. The average molecular weight is 457 g/mol. The second kappa shape index (κ2) is 5.57. The number of aromatic nitrogens is 3. The molecule has 8 heteroatoms. The molecule has 2 aromatic heterocycles. The third-order valence-corrected chi connectivity index (χ3v) is 5.91. The molecule has 5 nitrogen and oxygen atoms in total. The summed E-state index contributed by atoms with van der Waals surface area (Å²) in [5, 5.41) is 22.6. The Morgan fingerprint density at radius 1 is 1.30 bits per heavy atom. The van der Waals surface area contributed by atoms with Crippen LogP contribution in [0.2, 0.25) is 5.02 Å². The van der Waals surface area contributed by atoms with E-state index in [-0.39, 0.29) is 6.54 Å². The van der Waals surface area contributed by atoms with E-state index in [0.29, 0.717) is 16.6 Å². The summed E-state index contributed by atoms with van der Waals surface area (Å²) in [6, 6.07) is 9.42. The number of fused-ring (bicyclic) bond motifs is 3. The summed E-state index contributed by atoms with van der Waals surface area (Å²) in [5.74, 6) is 1.41. The van der Waals surface area contributed by atoms with E-state index >= 15 is 0 Å². The number of hydroxylamine groups is 1. The fourth-order valence-corrected chi connectivity index (χ4v) is 4.85. The van der Waals surface area contributed by atoms with Crippen LogP contribution in [-0.2, 0) is 6.54 Å². The molecule has 0 radical (unpaired) electrons. The van der Waals surface area contributed by atoms with Gasteiger partial charge >= 0.3 is 0 Å². The number of hydrogen-bond acceptors (Lipinski definition) is 4. The second-order valence-corrected chi connectivity index (χ2v) is 8.47.